The zero-order valence-electron chi connectivity index (χ0n) is 9.60. The number of methoxy groups -OCH3 is 1. The van der Waals surface area contributed by atoms with Gasteiger partial charge in [0.25, 0.3) is 0 Å². The van der Waals surface area contributed by atoms with Gasteiger partial charge in [0.2, 0.25) is 0 Å². The van der Waals surface area contributed by atoms with E-state index in [-0.39, 0.29) is 5.41 Å². The predicted octanol–water partition coefficient (Wildman–Crippen LogP) is 2.42. The van der Waals surface area contributed by atoms with Crippen LogP contribution in [0.15, 0.2) is 0 Å². The van der Waals surface area contributed by atoms with Gasteiger partial charge in [0, 0.05) is 19.1 Å². The van der Waals surface area contributed by atoms with Crippen LogP contribution in [-0.2, 0) is 4.74 Å². The van der Waals surface area contributed by atoms with Gasteiger partial charge in [-0.1, -0.05) is 27.2 Å². The molecular formula is C11H25NO. The second-order valence-electron chi connectivity index (χ2n) is 4.49. The molecule has 1 unspecified atom stereocenters. The molecule has 0 aromatic carbocycles. The average molecular weight is 187 g/mol. The highest BCUT2D eigenvalue weighted by atomic mass is 16.5. The highest BCUT2D eigenvalue weighted by molar-refractivity contribution is 4.80. The van der Waals surface area contributed by atoms with Crippen molar-refractivity contribution in [3.8, 4) is 0 Å². The van der Waals surface area contributed by atoms with Crippen LogP contribution in [0.1, 0.15) is 40.0 Å². The van der Waals surface area contributed by atoms with Crippen LogP contribution in [0.4, 0.5) is 0 Å². The van der Waals surface area contributed by atoms with Gasteiger partial charge in [-0.25, -0.2) is 0 Å². The van der Waals surface area contributed by atoms with E-state index in [0.29, 0.717) is 5.92 Å². The third-order valence-electron chi connectivity index (χ3n) is 2.51. The van der Waals surface area contributed by atoms with Crippen LogP contribution in [0.25, 0.3) is 0 Å². The molecular weight excluding hydrogens is 162 g/mol. The Hall–Kier alpha value is -0.0800. The van der Waals surface area contributed by atoms with Crippen LogP contribution in [0.3, 0.4) is 0 Å². The summed E-state index contributed by atoms with van der Waals surface area (Å²) in [6, 6.07) is 0. The van der Waals surface area contributed by atoms with Crippen LogP contribution >= 0.6 is 0 Å². The van der Waals surface area contributed by atoms with Crippen molar-refractivity contribution in [1.82, 2.24) is 0 Å². The number of hydrogen-bond acceptors (Lipinski definition) is 2. The Morgan fingerprint density at radius 2 is 2.00 bits per heavy atom. The SMILES string of the molecule is CCCC(CN)(COC)CC(C)C. The molecule has 0 aliphatic carbocycles. The fourth-order valence-electron chi connectivity index (χ4n) is 2.18. The van der Waals surface area contributed by atoms with Crippen molar-refractivity contribution in [3.05, 3.63) is 0 Å². The predicted molar refractivity (Wildman–Crippen MR) is 57.7 cm³/mol. The summed E-state index contributed by atoms with van der Waals surface area (Å²) in [6.45, 7) is 8.24. The molecule has 0 bridgehead atoms. The zero-order chi connectivity index (χ0) is 10.3. The van der Waals surface area contributed by atoms with E-state index in [1.165, 1.54) is 19.3 Å². The summed E-state index contributed by atoms with van der Waals surface area (Å²) < 4.78 is 5.27. The summed E-state index contributed by atoms with van der Waals surface area (Å²) >= 11 is 0. The van der Waals surface area contributed by atoms with Crippen molar-refractivity contribution < 1.29 is 4.74 Å². The monoisotopic (exact) mass is 187 g/mol. The summed E-state index contributed by atoms with van der Waals surface area (Å²) in [5.41, 5.74) is 6.07. The number of hydrogen-bond donors (Lipinski definition) is 1. The maximum absolute atomic E-state index is 5.85. The maximum atomic E-state index is 5.85. The highest BCUT2D eigenvalue weighted by Gasteiger charge is 2.28. The molecule has 0 spiro atoms. The van der Waals surface area contributed by atoms with E-state index >= 15 is 0 Å². The van der Waals surface area contributed by atoms with Crippen LogP contribution < -0.4 is 5.73 Å². The second kappa shape index (κ2) is 6.39. The van der Waals surface area contributed by atoms with Crippen LogP contribution in [0.5, 0.6) is 0 Å². The molecule has 0 amide bonds. The van der Waals surface area contributed by atoms with Gasteiger partial charge in [0.05, 0.1) is 6.61 Å². The van der Waals surface area contributed by atoms with Gasteiger partial charge in [-0.2, -0.15) is 0 Å². The van der Waals surface area contributed by atoms with Gasteiger partial charge in [0.1, 0.15) is 0 Å². The first-order chi connectivity index (χ1) is 6.10. The lowest BCUT2D eigenvalue weighted by Crippen LogP contribution is -2.36. The Kier molecular flexibility index (Phi) is 6.35. The normalized spacial score (nSPS) is 16.2. The summed E-state index contributed by atoms with van der Waals surface area (Å²) in [6.07, 6.45) is 3.54. The Labute approximate surface area is 82.8 Å². The number of ether oxygens (including phenoxy) is 1. The molecule has 0 heterocycles. The van der Waals surface area contributed by atoms with Crippen molar-refractivity contribution in [2.75, 3.05) is 20.3 Å². The van der Waals surface area contributed by atoms with Gasteiger partial charge >= 0.3 is 0 Å². The molecule has 13 heavy (non-hydrogen) atoms. The maximum Gasteiger partial charge on any atom is 0.0530 e. The first-order valence-electron chi connectivity index (χ1n) is 5.29. The van der Waals surface area contributed by atoms with Gasteiger partial charge in [-0.3, -0.25) is 0 Å². The topological polar surface area (TPSA) is 35.2 Å². The van der Waals surface area contributed by atoms with E-state index in [0.717, 1.165) is 13.2 Å². The molecule has 0 saturated carbocycles. The largest absolute Gasteiger partial charge is 0.384 e. The molecule has 1 atom stereocenters. The minimum absolute atomic E-state index is 0.220. The minimum Gasteiger partial charge on any atom is -0.384 e. The standard InChI is InChI=1S/C11H25NO/c1-5-6-11(8-12,9-13-4)7-10(2)3/h10H,5-9,12H2,1-4H3. The van der Waals surface area contributed by atoms with Crippen molar-refractivity contribution in [3.63, 3.8) is 0 Å². The third kappa shape index (κ3) is 4.63. The molecule has 80 valence electrons. The van der Waals surface area contributed by atoms with E-state index in [1.807, 2.05) is 0 Å². The lowest BCUT2D eigenvalue weighted by Gasteiger charge is -2.33. The average Bonchev–Trinajstić information content (AvgIpc) is 2.04. The van der Waals surface area contributed by atoms with Crippen LogP contribution in [0, 0.1) is 11.3 Å². The lowest BCUT2D eigenvalue weighted by atomic mass is 9.77. The molecule has 0 aromatic heterocycles. The number of nitrogens with two attached hydrogens (primary N) is 1. The van der Waals surface area contributed by atoms with Gasteiger partial charge < -0.3 is 10.5 Å². The second-order valence-corrected chi connectivity index (χ2v) is 4.49. The van der Waals surface area contributed by atoms with E-state index in [2.05, 4.69) is 20.8 Å². The zero-order valence-corrected chi connectivity index (χ0v) is 9.60. The van der Waals surface area contributed by atoms with Crippen molar-refractivity contribution in [2.45, 2.75) is 40.0 Å². The molecule has 0 aliphatic rings. The first kappa shape index (κ1) is 12.9. The Bertz CT molecular complexity index is 117. The Balaban J connectivity index is 4.24. The molecule has 0 radical (unpaired) electrons. The number of rotatable bonds is 7. The van der Waals surface area contributed by atoms with E-state index in [9.17, 15) is 0 Å². The Morgan fingerprint density at radius 3 is 2.31 bits per heavy atom. The van der Waals surface area contributed by atoms with E-state index < -0.39 is 0 Å². The summed E-state index contributed by atoms with van der Waals surface area (Å²) in [4.78, 5) is 0. The summed E-state index contributed by atoms with van der Waals surface area (Å²) in [5, 5.41) is 0. The van der Waals surface area contributed by atoms with Gasteiger partial charge in [-0.05, 0) is 18.8 Å². The smallest absolute Gasteiger partial charge is 0.0530 e. The van der Waals surface area contributed by atoms with Crippen molar-refractivity contribution in [1.29, 1.82) is 0 Å². The Morgan fingerprint density at radius 1 is 1.38 bits per heavy atom. The van der Waals surface area contributed by atoms with E-state index in [1.54, 1.807) is 7.11 Å². The summed E-state index contributed by atoms with van der Waals surface area (Å²) in [5.74, 6) is 0.699. The van der Waals surface area contributed by atoms with Gasteiger partial charge in [0.15, 0.2) is 0 Å². The fourth-order valence-corrected chi connectivity index (χ4v) is 2.18. The third-order valence-corrected chi connectivity index (χ3v) is 2.51. The molecule has 0 rings (SSSR count). The quantitative estimate of drug-likeness (QED) is 0.664. The van der Waals surface area contributed by atoms with E-state index in [4.69, 9.17) is 10.5 Å². The summed E-state index contributed by atoms with van der Waals surface area (Å²) in [7, 11) is 1.76. The van der Waals surface area contributed by atoms with Crippen LogP contribution in [0.2, 0.25) is 0 Å². The minimum atomic E-state index is 0.220. The molecule has 2 nitrogen and oxygen atoms in total. The molecule has 2 N–H and O–H groups in total. The molecule has 0 fully saturated rings. The van der Waals surface area contributed by atoms with Crippen molar-refractivity contribution >= 4 is 0 Å². The van der Waals surface area contributed by atoms with Crippen molar-refractivity contribution in [2.24, 2.45) is 17.1 Å². The fraction of sp³-hybridized carbons (Fsp3) is 1.00. The van der Waals surface area contributed by atoms with Crippen LogP contribution in [-0.4, -0.2) is 20.3 Å². The molecule has 2 heteroatoms. The highest BCUT2D eigenvalue weighted by Crippen LogP contribution is 2.30. The molecule has 0 saturated heterocycles. The lowest BCUT2D eigenvalue weighted by molar-refractivity contribution is 0.0607. The molecule has 0 aliphatic heterocycles. The van der Waals surface area contributed by atoms with Gasteiger partial charge in [-0.15, -0.1) is 0 Å². The first-order valence-corrected chi connectivity index (χ1v) is 5.29. The molecule has 0 aromatic rings.